The number of Topliss-reactive ketones (excluding diaryl/α,β-unsaturated/α-hetero) is 1. The molecule has 2 unspecified atom stereocenters. The van der Waals surface area contributed by atoms with E-state index in [1.165, 1.54) is 6.92 Å². The predicted molar refractivity (Wildman–Crippen MR) is 147 cm³/mol. The number of hydrogen-bond acceptors (Lipinski definition) is 6. The summed E-state index contributed by atoms with van der Waals surface area (Å²) in [6, 6.07) is 13.7. The lowest BCUT2D eigenvalue weighted by Crippen LogP contribution is -2.58. The van der Waals surface area contributed by atoms with E-state index in [0.717, 1.165) is 16.5 Å². The van der Waals surface area contributed by atoms with Crippen LogP contribution in [0.5, 0.6) is 0 Å². The van der Waals surface area contributed by atoms with Crippen molar-refractivity contribution >= 4 is 40.3 Å². The standard InChI is InChI=1S/C29H31ClN4O4/c1-28(32,26(36)34-27(37)38-17-19-9-11-21(30)12-10-19)18-29(13-5-2-6-14-29)25(35)23(31)15-20-16-33-24-8-4-3-7-22(20)24/h2-13,16,23,33H,14-15,17-18,31-32H2,1H3,(H,34,36,37)/t23-,28?,29?/m0/s1. The fourth-order valence-corrected chi connectivity index (χ4v) is 4.93. The molecule has 0 saturated heterocycles. The zero-order chi connectivity index (χ0) is 27.3. The monoisotopic (exact) mass is 534 g/mol. The zero-order valence-electron chi connectivity index (χ0n) is 21.1. The molecular weight excluding hydrogens is 504 g/mol. The Morgan fingerprint density at radius 3 is 2.61 bits per heavy atom. The van der Waals surface area contributed by atoms with Gasteiger partial charge in [-0.15, -0.1) is 0 Å². The first-order valence-corrected chi connectivity index (χ1v) is 12.7. The number of para-hydroxylation sites is 1. The Hall–Kier alpha value is -3.72. The summed E-state index contributed by atoms with van der Waals surface area (Å²) >= 11 is 5.86. The lowest BCUT2D eigenvalue weighted by atomic mass is 9.67. The summed E-state index contributed by atoms with van der Waals surface area (Å²) < 4.78 is 5.14. The third-order valence-electron chi connectivity index (χ3n) is 6.79. The van der Waals surface area contributed by atoms with Gasteiger partial charge < -0.3 is 21.2 Å². The van der Waals surface area contributed by atoms with Gasteiger partial charge in [-0.05, 0) is 55.5 Å². The second-order valence-electron chi connectivity index (χ2n) is 9.93. The summed E-state index contributed by atoms with van der Waals surface area (Å²) in [5, 5.41) is 3.76. The number of rotatable bonds is 9. The maximum Gasteiger partial charge on any atom is 0.414 e. The number of aromatic nitrogens is 1. The second kappa shape index (κ2) is 11.3. The SMILES string of the molecule is CC(N)(CC1(C(=O)[C@@H](N)Cc2c[nH]c3ccccc23)C=CC=CC1)C(=O)NC(=O)OCc1ccc(Cl)cc1. The number of imide groups is 1. The van der Waals surface area contributed by atoms with Crippen LogP contribution in [0.4, 0.5) is 4.79 Å². The average molecular weight is 535 g/mol. The maximum atomic E-state index is 13.8. The molecule has 0 radical (unpaired) electrons. The van der Waals surface area contributed by atoms with E-state index in [4.69, 9.17) is 27.8 Å². The fourth-order valence-electron chi connectivity index (χ4n) is 4.80. The fraction of sp³-hybridized carbons (Fsp3) is 0.276. The molecule has 1 aliphatic carbocycles. The average Bonchev–Trinajstić information content (AvgIpc) is 3.30. The quantitative estimate of drug-likeness (QED) is 0.322. The van der Waals surface area contributed by atoms with Gasteiger partial charge in [0.05, 0.1) is 17.0 Å². The van der Waals surface area contributed by atoms with Gasteiger partial charge in [0, 0.05) is 22.1 Å². The van der Waals surface area contributed by atoms with Crippen LogP contribution in [0.1, 0.15) is 30.9 Å². The Balaban J connectivity index is 1.43. The predicted octanol–water partition coefficient (Wildman–Crippen LogP) is 4.32. The first-order chi connectivity index (χ1) is 18.1. The summed E-state index contributed by atoms with van der Waals surface area (Å²) in [5.74, 6) is -0.975. The van der Waals surface area contributed by atoms with Crippen LogP contribution < -0.4 is 16.8 Å². The number of nitrogens with two attached hydrogens (primary N) is 2. The third kappa shape index (κ3) is 6.22. The van der Waals surface area contributed by atoms with E-state index in [-0.39, 0.29) is 18.8 Å². The highest BCUT2D eigenvalue weighted by molar-refractivity contribution is 6.30. The van der Waals surface area contributed by atoms with Crippen molar-refractivity contribution in [3.05, 3.63) is 95.2 Å². The molecule has 38 heavy (non-hydrogen) atoms. The van der Waals surface area contributed by atoms with E-state index in [1.54, 1.807) is 36.4 Å². The lowest BCUT2D eigenvalue weighted by molar-refractivity contribution is -0.131. The Morgan fingerprint density at radius 1 is 1.16 bits per heavy atom. The third-order valence-corrected chi connectivity index (χ3v) is 7.04. The van der Waals surface area contributed by atoms with Crippen LogP contribution >= 0.6 is 11.6 Å². The van der Waals surface area contributed by atoms with Crippen molar-refractivity contribution in [2.75, 3.05) is 0 Å². The number of alkyl carbamates (subject to hydrolysis) is 1. The van der Waals surface area contributed by atoms with E-state index in [1.807, 2.05) is 42.6 Å². The van der Waals surface area contributed by atoms with Gasteiger partial charge in [-0.1, -0.05) is 66.2 Å². The molecular formula is C29H31ClN4O4. The van der Waals surface area contributed by atoms with Gasteiger partial charge in [0.15, 0.2) is 5.78 Å². The van der Waals surface area contributed by atoms with Gasteiger partial charge in [-0.3, -0.25) is 14.9 Å². The van der Waals surface area contributed by atoms with Crippen LogP contribution in [0.2, 0.25) is 5.02 Å². The summed E-state index contributed by atoms with van der Waals surface area (Å²) in [6.07, 6.45) is 8.74. The Labute approximate surface area is 226 Å². The molecule has 0 saturated carbocycles. The lowest BCUT2D eigenvalue weighted by Gasteiger charge is -2.37. The van der Waals surface area contributed by atoms with Crippen LogP contribution in [0.15, 0.2) is 79.0 Å². The summed E-state index contributed by atoms with van der Waals surface area (Å²) in [5.41, 5.74) is 12.8. The zero-order valence-corrected chi connectivity index (χ0v) is 21.8. The number of carbonyl (C=O) groups excluding carboxylic acids is 3. The number of benzene rings is 2. The van der Waals surface area contributed by atoms with Gasteiger partial charge in [-0.2, -0.15) is 0 Å². The number of ketones is 1. The first kappa shape index (κ1) is 27.3. The topological polar surface area (TPSA) is 140 Å². The van der Waals surface area contributed by atoms with Crippen molar-refractivity contribution < 1.29 is 19.1 Å². The number of fused-ring (bicyclic) bond motifs is 1. The van der Waals surface area contributed by atoms with Crippen molar-refractivity contribution in [1.82, 2.24) is 10.3 Å². The largest absolute Gasteiger partial charge is 0.444 e. The molecule has 8 nitrogen and oxygen atoms in total. The summed E-state index contributed by atoms with van der Waals surface area (Å²) in [7, 11) is 0. The number of amides is 2. The van der Waals surface area contributed by atoms with E-state index < -0.39 is 29.0 Å². The van der Waals surface area contributed by atoms with Gasteiger partial charge >= 0.3 is 6.09 Å². The molecule has 4 rings (SSSR count). The Kier molecular flexibility index (Phi) is 8.16. The molecule has 1 aliphatic rings. The number of H-pyrrole nitrogens is 1. The first-order valence-electron chi connectivity index (χ1n) is 12.3. The maximum absolute atomic E-state index is 13.8. The van der Waals surface area contributed by atoms with Crippen LogP contribution in [-0.4, -0.2) is 34.3 Å². The van der Waals surface area contributed by atoms with Gasteiger partial charge in [0.2, 0.25) is 5.91 Å². The smallest absolute Gasteiger partial charge is 0.414 e. The van der Waals surface area contributed by atoms with Crippen LogP contribution in [-0.2, 0) is 27.4 Å². The molecule has 3 atom stereocenters. The molecule has 0 aliphatic heterocycles. The van der Waals surface area contributed by atoms with Gasteiger partial charge in [0.25, 0.3) is 0 Å². The number of ether oxygens (including phenoxy) is 1. The number of aromatic amines is 1. The molecule has 1 aromatic heterocycles. The summed E-state index contributed by atoms with van der Waals surface area (Å²) in [4.78, 5) is 42.3. The van der Waals surface area contributed by atoms with E-state index in [9.17, 15) is 14.4 Å². The van der Waals surface area contributed by atoms with Crippen LogP contribution in [0.3, 0.4) is 0 Å². The minimum absolute atomic E-state index is 0.0441. The Bertz CT molecular complexity index is 1390. The highest BCUT2D eigenvalue weighted by atomic mass is 35.5. The van der Waals surface area contributed by atoms with Gasteiger partial charge in [-0.25, -0.2) is 4.79 Å². The van der Waals surface area contributed by atoms with Crippen molar-refractivity contribution in [3.63, 3.8) is 0 Å². The van der Waals surface area contributed by atoms with Crippen molar-refractivity contribution in [3.8, 4) is 0 Å². The minimum atomic E-state index is -1.56. The molecule has 3 aromatic rings. The molecule has 0 fully saturated rings. The van der Waals surface area contributed by atoms with Crippen molar-refractivity contribution in [2.24, 2.45) is 16.9 Å². The molecule has 198 valence electrons. The Morgan fingerprint density at radius 2 is 1.89 bits per heavy atom. The van der Waals surface area contributed by atoms with Crippen LogP contribution in [0.25, 0.3) is 10.9 Å². The molecule has 2 aromatic carbocycles. The molecule has 9 heteroatoms. The highest BCUT2D eigenvalue weighted by Gasteiger charge is 2.46. The van der Waals surface area contributed by atoms with E-state index in [2.05, 4.69) is 10.3 Å². The number of nitrogens with one attached hydrogen (secondary N) is 2. The van der Waals surface area contributed by atoms with E-state index >= 15 is 0 Å². The number of carbonyl (C=O) groups is 3. The molecule has 0 bridgehead atoms. The molecule has 2 amide bonds. The van der Waals surface area contributed by atoms with Crippen LogP contribution in [0, 0.1) is 5.41 Å². The minimum Gasteiger partial charge on any atom is -0.444 e. The molecule has 0 spiro atoms. The molecule has 6 N–H and O–H groups in total. The highest BCUT2D eigenvalue weighted by Crippen LogP contribution is 2.38. The second-order valence-corrected chi connectivity index (χ2v) is 10.4. The number of halogens is 1. The molecule has 1 heterocycles. The van der Waals surface area contributed by atoms with Crippen molar-refractivity contribution in [2.45, 2.75) is 44.4 Å². The van der Waals surface area contributed by atoms with E-state index in [0.29, 0.717) is 23.4 Å². The number of allylic oxidation sites excluding steroid dienone is 4. The normalized spacial score (nSPS) is 19.1. The van der Waals surface area contributed by atoms with Crippen molar-refractivity contribution in [1.29, 1.82) is 0 Å². The van der Waals surface area contributed by atoms with Gasteiger partial charge in [0.1, 0.15) is 6.61 Å². The number of hydrogen-bond donors (Lipinski definition) is 4. The summed E-state index contributed by atoms with van der Waals surface area (Å²) in [6.45, 7) is 1.44.